The Hall–Kier alpha value is -1.94. The summed E-state index contributed by atoms with van der Waals surface area (Å²) in [7, 11) is 0. The second kappa shape index (κ2) is 7.90. The Kier molecular flexibility index (Phi) is 5.90. The van der Waals surface area contributed by atoms with Crippen LogP contribution in [0.2, 0.25) is 0 Å². The number of carbonyl (C=O) groups excluding carboxylic acids is 1. The van der Waals surface area contributed by atoms with E-state index in [0.29, 0.717) is 6.42 Å². The van der Waals surface area contributed by atoms with Crippen LogP contribution >= 0.6 is 11.8 Å². The third-order valence-corrected chi connectivity index (χ3v) is 4.09. The minimum Gasteiger partial charge on any atom is -0.481 e. The van der Waals surface area contributed by atoms with Crippen LogP contribution < -0.4 is 10.1 Å². The van der Waals surface area contributed by atoms with Gasteiger partial charge in [0.15, 0.2) is 6.10 Å². The Balaban J connectivity index is 2.09. The van der Waals surface area contributed by atoms with Crippen molar-refractivity contribution >= 4 is 23.4 Å². The number of amides is 1. The van der Waals surface area contributed by atoms with Gasteiger partial charge in [-0.05, 0) is 49.4 Å². The fraction of sp³-hybridized carbons (Fsp3) is 0.278. The number of thioether (sulfide) groups is 1. The van der Waals surface area contributed by atoms with Crippen LogP contribution in [0, 0.1) is 6.92 Å². The standard InChI is InChI=1S/C18H21NO2S/c1-4-16(21-14-9-7-8-13(2)12-14)18(20)19-15-10-5-6-11-17(15)22-3/h5-12,16H,4H2,1-3H3,(H,19,20)/t16-/m0/s1. The molecule has 3 nitrogen and oxygen atoms in total. The van der Waals surface area contributed by atoms with E-state index < -0.39 is 6.10 Å². The minimum absolute atomic E-state index is 0.120. The molecule has 2 rings (SSSR count). The summed E-state index contributed by atoms with van der Waals surface area (Å²) < 4.78 is 5.83. The Morgan fingerprint density at radius 1 is 1.23 bits per heavy atom. The van der Waals surface area contributed by atoms with Crippen molar-refractivity contribution in [1.82, 2.24) is 0 Å². The molecule has 1 amide bonds. The van der Waals surface area contributed by atoms with E-state index in [1.807, 2.05) is 68.6 Å². The summed E-state index contributed by atoms with van der Waals surface area (Å²) in [6, 6.07) is 15.5. The van der Waals surface area contributed by atoms with Gasteiger partial charge in [-0.3, -0.25) is 4.79 Å². The van der Waals surface area contributed by atoms with Crippen molar-refractivity contribution in [2.24, 2.45) is 0 Å². The van der Waals surface area contributed by atoms with Crippen molar-refractivity contribution in [3.05, 3.63) is 54.1 Å². The molecule has 0 saturated carbocycles. The smallest absolute Gasteiger partial charge is 0.265 e. The van der Waals surface area contributed by atoms with Gasteiger partial charge in [-0.1, -0.05) is 31.2 Å². The summed E-state index contributed by atoms with van der Waals surface area (Å²) >= 11 is 1.61. The summed E-state index contributed by atoms with van der Waals surface area (Å²) in [5.74, 6) is 0.602. The summed E-state index contributed by atoms with van der Waals surface area (Å²) in [5.41, 5.74) is 1.94. The monoisotopic (exact) mass is 315 g/mol. The first-order valence-corrected chi connectivity index (χ1v) is 8.53. The van der Waals surface area contributed by atoms with Gasteiger partial charge in [0.1, 0.15) is 5.75 Å². The third kappa shape index (κ3) is 4.28. The quantitative estimate of drug-likeness (QED) is 0.797. The molecule has 2 aromatic rings. The molecule has 116 valence electrons. The normalized spacial score (nSPS) is 11.8. The van der Waals surface area contributed by atoms with Gasteiger partial charge >= 0.3 is 0 Å². The van der Waals surface area contributed by atoms with E-state index in [1.165, 1.54) is 0 Å². The van der Waals surface area contributed by atoms with Crippen LogP contribution in [0.4, 0.5) is 5.69 Å². The van der Waals surface area contributed by atoms with Crippen molar-refractivity contribution in [2.75, 3.05) is 11.6 Å². The molecule has 0 aliphatic heterocycles. The molecule has 0 aliphatic carbocycles. The zero-order valence-electron chi connectivity index (χ0n) is 13.1. The van der Waals surface area contributed by atoms with Gasteiger partial charge in [0.25, 0.3) is 5.91 Å². The Bertz CT molecular complexity index is 642. The second-order valence-corrected chi connectivity index (χ2v) is 5.87. The number of anilines is 1. The molecule has 0 bridgehead atoms. The molecule has 4 heteroatoms. The van der Waals surface area contributed by atoms with E-state index in [2.05, 4.69) is 5.32 Å². The van der Waals surface area contributed by atoms with Crippen LogP contribution in [-0.4, -0.2) is 18.3 Å². The lowest BCUT2D eigenvalue weighted by atomic mass is 10.2. The molecule has 0 radical (unpaired) electrons. The molecule has 22 heavy (non-hydrogen) atoms. The fourth-order valence-corrected chi connectivity index (χ4v) is 2.69. The Labute approximate surface area is 136 Å². The number of ether oxygens (including phenoxy) is 1. The van der Waals surface area contributed by atoms with Crippen molar-refractivity contribution in [3.63, 3.8) is 0 Å². The van der Waals surface area contributed by atoms with E-state index in [-0.39, 0.29) is 5.91 Å². The number of rotatable bonds is 6. The molecule has 1 atom stereocenters. The van der Waals surface area contributed by atoms with Gasteiger partial charge in [-0.15, -0.1) is 11.8 Å². The number of aryl methyl sites for hydroxylation is 1. The Morgan fingerprint density at radius 2 is 2.00 bits per heavy atom. The first-order valence-electron chi connectivity index (χ1n) is 7.31. The topological polar surface area (TPSA) is 38.3 Å². The summed E-state index contributed by atoms with van der Waals surface area (Å²) in [5, 5.41) is 2.96. The fourth-order valence-electron chi connectivity index (χ4n) is 2.14. The molecule has 1 N–H and O–H groups in total. The SMILES string of the molecule is CC[C@H](Oc1cccc(C)c1)C(=O)Nc1ccccc1SC. The number of hydrogen-bond donors (Lipinski definition) is 1. The van der Waals surface area contributed by atoms with E-state index in [0.717, 1.165) is 21.9 Å². The zero-order valence-corrected chi connectivity index (χ0v) is 13.9. The van der Waals surface area contributed by atoms with E-state index in [4.69, 9.17) is 4.74 Å². The molecule has 0 fully saturated rings. The van der Waals surface area contributed by atoms with Gasteiger partial charge in [0.05, 0.1) is 5.69 Å². The molecule has 0 saturated heterocycles. The maximum Gasteiger partial charge on any atom is 0.265 e. The number of carbonyl (C=O) groups is 1. The van der Waals surface area contributed by atoms with Gasteiger partial charge in [0.2, 0.25) is 0 Å². The molecule has 0 spiro atoms. The molecule has 0 aromatic heterocycles. The van der Waals surface area contributed by atoms with Gasteiger partial charge in [0, 0.05) is 4.90 Å². The predicted octanol–water partition coefficient (Wildman–Crippen LogP) is 4.51. The van der Waals surface area contributed by atoms with Crippen LogP contribution in [-0.2, 0) is 4.79 Å². The highest BCUT2D eigenvalue weighted by Crippen LogP contribution is 2.25. The number of para-hydroxylation sites is 1. The molecular weight excluding hydrogens is 294 g/mol. The van der Waals surface area contributed by atoms with Crippen LogP contribution in [0.3, 0.4) is 0 Å². The van der Waals surface area contributed by atoms with Gasteiger partial charge in [-0.2, -0.15) is 0 Å². The minimum atomic E-state index is -0.503. The lowest BCUT2D eigenvalue weighted by molar-refractivity contribution is -0.122. The van der Waals surface area contributed by atoms with Crippen LogP contribution in [0.5, 0.6) is 5.75 Å². The number of hydrogen-bond acceptors (Lipinski definition) is 3. The highest BCUT2D eigenvalue weighted by molar-refractivity contribution is 7.98. The Morgan fingerprint density at radius 3 is 2.68 bits per heavy atom. The van der Waals surface area contributed by atoms with Crippen LogP contribution in [0.25, 0.3) is 0 Å². The zero-order chi connectivity index (χ0) is 15.9. The molecule has 0 aliphatic rings. The predicted molar refractivity (Wildman–Crippen MR) is 92.7 cm³/mol. The summed E-state index contributed by atoms with van der Waals surface area (Å²) in [6.45, 7) is 3.95. The summed E-state index contributed by atoms with van der Waals surface area (Å²) in [6.07, 6.45) is 2.10. The van der Waals surface area contributed by atoms with E-state index in [1.54, 1.807) is 11.8 Å². The number of benzene rings is 2. The average molecular weight is 315 g/mol. The van der Waals surface area contributed by atoms with Gasteiger partial charge in [-0.25, -0.2) is 0 Å². The maximum absolute atomic E-state index is 12.5. The first-order chi connectivity index (χ1) is 10.6. The van der Waals surface area contributed by atoms with Crippen molar-refractivity contribution in [1.29, 1.82) is 0 Å². The summed E-state index contributed by atoms with van der Waals surface area (Å²) in [4.78, 5) is 13.5. The van der Waals surface area contributed by atoms with Crippen molar-refractivity contribution in [2.45, 2.75) is 31.3 Å². The van der Waals surface area contributed by atoms with Crippen LogP contribution in [0.15, 0.2) is 53.4 Å². The maximum atomic E-state index is 12.5. The first kappa shape index (κ1) is 16.4. The molecule has 0 unspecified atom stereocenters. The highest BCUT2D eigenvalue weighted by atomic mass is 32.2. The second-order valence-electron chi connectivity index (χ2n) is 5.02. The number of nitrogens with one attached hydrogen (secondary N) is 1. The lowest BCUT2D eigenvalue weighted by Crippen LogP contribution is -2.32. The highest BCUT2D eigenvalue weighted by Gasteiger charge is 2.19. The van der Waals surface area contributed by atoms with E-state index >= 15 is 0 Å². The molecular formula is C18H21NO2S. The van der Waals surface area contributed by atoms with E-state index in [9.17, 15) is 4.79 Å². The van der Waals surface area contributed by atoms with Crippen molar-refractivity contribution < 1.29 is 9.53 Å². The van der Waals surface area contributed by atoms with Crippen molar-refractivity contribution in [3.8, 4) is 5.75 Å². The lowest BCUT2D eigenvalue weighted by Gasteiger charge is -2.18. The molecule has 0 heterocycles. The molecule has 2 aromatic carbocycles. The third-order valence-electron chi connectivity index (χ3n) is 3.30. The van der Waals surface area contributed by atoms with Crippen LogP contribution in [0.1, 0.15) is 18.9 Å². The van der Waals surface area contributed by atoms with Gasteiger partial charge < -0.3 is 10.1 Å². The largest absolute Gasteiger partial charge is 0.481 e. The average Bonchev–Trinajstić information content (AvgIpc) is 2.53.